The summed E-state index contributed by atoms with van der Waals surface area (Å²) in [6, 6.07) is 6.08. The lowest BCUT2D eigenvalue weighted by Gasteiger charge is -2.16. The van der Waals surface area contributed by atoms with Gasteiger partial charge in [-0.2, -0.15) is 0 Å². The predicted octanol–water partition coefficient (Wildman–Crippen LogP) is 2.26. The number of methoxy groups -OCH3 is 1. The van der Waals surface area contributed by atoms with Gasteiger partial charge in [-0.15, -0.1) is 0 Å². The molecule has 3 heteroatoms. The van der Waals surface area contributed by atoms with E-state index in [2.05, 4.69) is 0 Å². The van der Waals surface area contributed by atoms with Crippen molar-refractivity contribution in [3.8, 4) is 5.75 Å². The zero-order valence-corrected chi connectivity index (χ0v) is 10.3. The van der Waals surface area contributed by atoms with Crippen LogP contribution in [0, 0.1) is 6.92 Å². The molecule has 1 aromatic carbocycles. The minimum atomic E-state index is 0.159. The zero-order chi connectivity index (χ0) is 12.0. The summed E-state index contributed by atoms with van der Waals surface area (Å²) in [4.78, 5) is 0. The Kier molecular flexibility index (Phi) is 5.29. The van der Waals surface area contributed by atoms with E-state index in [1.807, 2.05) is 32.0 Å². The van der Waals surface area contributed by atoms with Crippen molar-refractivity contribution in [2.24, 2.45) is 5.73 Å². The second-order valence-corrected chi connectivity index (χ2v) is 4.01. The molecule has 1 unspecified atom stereocenters. The van der Waals surface area contributed by atoms with Crippen LogP contribution in [0.5, 0.6) is 5.75 Å². The van der Waals surface area contributed by atoms with E-state index in [0.29, 0.717) is 6.54 Å². The summed E-state index contributed by atoms with van der Waals surface area (Å²) in [5.41, 5.74) is 7.84. The van der Waals surface area contributed by atoms with Crippen LogP contribution in [-0.4, -0.2) is 19.8 Å². The average molecular weight is 223 g/mol. The highest BCUT2D eigenvalue weighted by Crippen LogP contribution is 2.21. The van der Waals surface area contributed by atoms with Gasteiger partial charge in [-0.05, 0) is 31.0 Å². The van der Waals surface area contributed by atoms with E-state index in [9.17, 15) is 0 Å². The number of nitrogens with two attached hydrogens (primary N) is 1. The SMILES string of the molecule is COCCC(C)Oc1cc(CN)ccc1C. The topological polar surface area (TPSA) is 44.5 Å². The van der Waals surface area contributed by atoms with Crippen molar-refractivity contribution in [2.45, 2.75) is 32.9 Å². The largest absolute Gasteiger partial charge is 0.490 e. The molecule has 0 heterocycles. The lowest BCUT2D eigenvalue weighted by atomic mass is 10.1. The van der Waals surface area contributed by atoms with E-state index < -0.39 is 0 Å². The molecule has 0 saturated carbocycles. The molecular formula is C13H21NO2. The minimum absolute atomic E-state index is 0.159. The van der Waals surface area contributed by atoms with Crippen LogP contribution < -0.4 is 10.5 Å². The third kappa shape index (κ3) is 3.83. The van der Waals surface area contributed by atoms with Crippen LogP contribution in [0.1, 0.15) is 24.5 Å². The van der Waals surface area contributed by atoms with Gasteiger partial charge in [0, 0.05) is 26.7 Å². The maximum absolute atomic E-state index is 5.85. The van der Waals surface area contributed by atoms with E-state index in [-0.39, 0.29) is 6.10 Å². The van der Waals surface area contributed by atoms with Gasteiger partial charge in [-0.1, -0.05) is 12.1 Å². The lowest BCUT2D eigenvalue weighted by molar-refractivity contribution is 0.134. The predicted molar refractivity (Wildman–Crippen MR) is 65.7 cm³/mol. The van der Waals surface area contributed by atoms with Gasteiger partial charge in [0.1, 0.15) is 5.75 Å². The molecule has 1 rings (SSSR count). The lowest BCUT2D eigenvalue weighted by Crippen LogP contribution is -2.15. The Bertz CT molecular complexity index is 326. The second kappa shape index (κ2) is 6.51. The first-order chi connectivity index (χ1) is 7.67. The molecular weight excluding hydrogens is 202 g/mol. The Balaban J connectivity index is 2.64. The molecule has 90 valence electrons. The minimum Gasteiger partial charge on any atom is -0.490 e. The molecule has 0 aliphatic rings. The third-order valence-electron chi connectivity index (χ3n) is 2.54. The first-order valence-corrected chi connectivity index (χ1v) is 5.62. The highest BCUT2D eigenvalue weighted by Gasteiger charge is 2.06. The van der Waals surface area contributed by atoms with Gasteiger partial charge >= 0.3 is 0 Å². The standard InChI is InChI=1S/C13H21NO2/c1-10-4-5-12(9-14)8-13(10)16-11(2)6-7-15-3/h4-5,8,11H,6-7,9,14H2,1-3H3. The van der Waals surface area contributed by atoms with E-state index in [1.54, 1.807) is 7.11 Å². The smallest absolute Gasteiger partial charge is 0.122 e. The van der Waals surface area contributed by atoms with E-state index >= 15 is 0 Å². The van der Waals surface area contributed by atoms with Gasteiger partial charge in [0.25, 0.3) is 0 Å². The molecule has 3 nitrogen and oxygen atoms in total. The molecule has 0 radical (unpaired) electrons. The Morgan fingerprint density at radius 2 is 2.12 bits per heavy atom. The van der Waals surface area contributed by atoms with E-state index in [1.165, 1.54) is 0 Å². The van der Waals surface area contributed by atoms with Crippen LogP contribution in [0.15, 0.2) is 18.2 Å². The molecule has 16 heavy (non-hydrogen) atoms. The quantitative estimate of drug-likeness (QED) is 0.804. The van der Waals surface area contributed by atoms with Crippen molar-refractivity contribution in [3.05, 3.63) is 29.3 Å². The first-order valence-electron chi connectivity index (χ1n) is 5.62. The molecule has 0 fully saturated rings. The molecule has 1 aromatic rings. The summed E-state index contributed by atoms with van der Waals surface area (Å²) in [5, 5.41) is 0. The number of aryl methyl sites for hydroxylation is 1. The fraction of sp³-hybridized carbons (Fsp3) is 0.538. The van der Waals surface area contributed by atoms with Crippen LogP contribution in [0.25, 0.3) is 0 Å². The van der Waals surface area contributed by atoms with Crippen molar-refractivity contribution < 1.29 is 9.47 Å². The first kappa shape index (κ1) is 13.0. The van der Waals surface area contributed by atoms with E-state index in [0.717, 1.165) is 29.9 Å². The van der Waals surface area contributed by atoms with Crippen molar-refractivity contribution in [1.82, 2.24) is 0 Å². The zero-order valence-electron chi connectivity index (χ0n) is 10.3. The summed E-state index contributed by atoms with van der Waals surface area (Å²) < 4.78 is 10.9. The second-order valence-electron chi connectivity index (χ2n) is 4.01. The normalized spacial score (nSPS) is 12.5. The Morgan fingerprint density at radius 3 is 2.75 bits per heavy atom. The van der Waals surface area contributed by atoms with E-state index in [4.69, 9.17) is 15.2 Å². The molecule has 0 aromatic heterocycles. The number of rotatable bonds is 6. The maximum Gasteiger partial charge on any atom is 0.122 e. The van der Waals surface area contributed by atoms with Crippen molar-refractivity contribution in [3.63, 3.8) is 0 Å². The van der Waals surface area contributed by atoms with Crippen molar-refractivity contribution in [1.29, 1.82) is 0 Å². The van der Waals surface area contributed by atoms with Crippen molar-refractivity contribution >= 4 is 0 Å². The molecule has 0 bridgehead atoms. The van der Waals surface area contributed by atoms with Crippen LogP contribution >= 0.6 is 0 Å². The fourth-order valence-corrected chi connectivity index (χ4v) is 1.46. The molecule has 1 atom stereocenters. The van der Waals surface area contributed by atoms with Crippen LogP contribution in [-0.2, 0) is 11.3 Å². The third-order valence-corrected chi connectivity index (χ3v) is 2.54. The average Bonchev–Trinajstić information content (AvgIpc) is 2.29. The highest BCUT2D eigenvalue weighted by molar-refractivity contribution is 5.36. The summed E-state index contributed by atoms with van der Waals surface area (Å²) in [5.74, 6) is 0.923. The van der Waals surface area contributed by atoms with Crippen LogP contribution in [0.3, 0.4) is 0 Å². The summed E-state index contributed by atoms with van der Waals surface area (Å²) in [6.07, 6.45) is 1.05. The Morgan fingerprint density at radius 1 is 1.38 bits per heavy atom. The van der Waals surface area contributed by atoms with Gasteiger partial charge in [-0.25, -0.2) is 0 Å². The Hall–Kier alpha value is -1.06. The van der Waals surface area contributed by atoms with Gasteiger partial charge in [0.05, 0.1) is 6.10 Å². The number of ether oxygens (including phenoxy) is 2. The van der Waals surface area contributed by atoms with Crippen molar-refractivity contribution in [2.75, 3.05) is 13.7 Å². The van der Waals surface area contributed by atoms with Crippen LogP contribution in [0.4, 0.5) is 0 Å². The maximum atomic E-state index is 5.85. The highest BCUT2D eigenvalue weighted by atomic mass is 16.5. The molecule has 0 saturated heterocycles. The van der Waals surface area contributed by atoms with Crippen LogP contribution in [0.2, 0.25) is 0 Å². The summed E-state index contributed by atoms with van der Waals surface area (Å²) in [7, 11) is 1.70. The monoisotopic (exact) mass is 223 g/mol. The molecule has 0 spiro atoms. The number of hydrogen-bond acceptors (Lipinski definition) is 3. The molecule has 0 amide bonds. The fourth-order valence-electron chi connectivity index (χ4n) is 1.46. The Labute approximate surface area is 97.6 Å². The summed E-state index contributed by atoms with van der Waals surface area (Å²) >= 11 is 0. The van der Waals surface area contributed by atoms with Gasteiger partial charge < -0.3 is 15.2 Å². The molecule has 0 aliphatic heterocycles. The summed E-state index contributed by atoms with van der Waals surface area (Å²) in [6.45, 7) is 5.35. The number of hydrogen-bond donors (Lipinski definition) is 1. The van der Waals surface area contributed by atoms with Gasteiger partial charge in [0.15, 0.2) is 0 Å². The number of benzene rings is 1. The molecule has 0 aliphatic carbocycles. The molecule has 2 N–H and O–H groups in total. The van der Waals surface area contributed by atoms with Gasteiger partial charge in [0.2, 0.25) is 0 Å². The van der Waals surface area contributed by atoms with Gasteiger partial charge in [-0.3, -0.25) is 0 Å².